The van der Waals surface area contributed by atoms with Gasteiger partial charge in [0.1, 0.15) is 5.92 Å². The van der Waals surface area contributed by atoms with Crippen LogP contribution in [0.2, 0.25) is 0 Å². The van der Waals surface area contributed by atoms with Crippen molar-refractivity contribution in [3.8, 4) is 11.5 Å². The molecule has 2 aromatic rings. The molecule has 0 fully saturated rings. The Bertz CT molecular complexity index is 1110. The van der Waals surface area contributed by atoms with Crippen LogP contribution in [0.5, 0.6) is 11.5 Å². The maximum Gasteiger partial charge on any atom is 0.315 e. The van der Waals surface area contributed by atoms with Crippen LogP contribution in [0.15, 0.2) is 53.0 Å². The fraction of sp³-hybridized carbons (Fsp3) is 0.261. The lowest BCUT2D eigenvalue weighted by Gasteiger charge is -2.30. The Morgan fingerprint density at radius 2 is 1.90 bits per heavy atom. The first-order valence-corrected chi connectivity index (χ1v) is 9.59. The predicted molar refractivity (Wildman–Crippen MR) is 106 cm³/mol. The van der Waals surface area contributed by atoms with E-state index in [-0.39, 0.29) is 25.2 Å². The Morgan fingerprint density at radius 1 is 1.14 bits per heavy atom. The number of rotatable bonds is 3. The molecule has 0 N–H and O–H groups in total. The lowest BCUT2D eigenvalue weighted by molar-refractivity contribution is -0.146. The molecule has 0 saturated heterocycles. The van der Waals surface area contributed by atoms with Crippen LogP contribution in [0.25, 0.3) is 5.70 Å². The Labute approximate surface area is 167 Å². The number of aliphatic imine (C=N–C) groups is 1. The summed E-state index contributed by atoms with van der Waals surface area (Å²) in [5.41, 5.74) is 4.04. The van der Waals surface area contributed by atoms with E-state index in [0.29, 0.717) is 34.0 Å². The lowest BCUT2D eigenvalue weighted by Crippen LogP contribution is -2.35. The molecular formula is C23H19NO5. The van der Waals surface area contributed by atoms with E-state index in [1.165, 1.54) is 0 Å². The topological polar surface area (TPSA) is 74.2 Å². The molecule has 2 atom stereocenters. The van der Waals surface area contributed by atoms with Gasteiger partial charge in [-0.2, -0.15) is 0 Å². The molecule has 2 heterocycles. The van der Waals surface area contributed by atoms with Crippen molar-refractivity contribution < 1.29 is 23.8 Å². The summed E-state index contributed by atoms with van der Waals surface area (Å²) in [4.78, 5) is 30.9. The average Bonchev–Trinajstić information content (AvgIpc) is 3.30. The van der Waals surface area contributed by atoms with E-state index in [2.05, 4.69) is 4.99 Å². The van der Waals surface area contributed by atoms with Crippen molar-refractivity contribution in [1.29, 1.82) is 0 Å². The summed E-state index contributed by atoms with van der Waals surface area (Å²) >= 11 is 0. The molecule has 1 aliphatic carbocycles. The molecule has 3 aliphatic rings. The minimum absolute atomic E-state index is 0.0937. The molecule has 0 aromatic heterocycles. The number of ether oxygens (including phenoxy) is 3. The van der Waals surface area contributed by atoms with Crippen molar-refractivity contribution in [2.24, 2.45) is 10.9 Å². The van der Waals surface area contributed by atoms with Crippen LogP contribution in [0.3, 0.4) is 0 Å². The Morgan fingerprint density at radius 3 is 2.69 bits per heavy atom. The van der Waals surface area contributed by atoms with Crippen LogP contribution >= 0.6 is 0 Å². The molecule has 29 heavy (non-hydrogen) atoms. The number of fused-ring (bicyclic) bond motifs is 3. The van der Waals surface area contributed by atoms with Crippen molar-refractivity contribution in [3.63, 3.8) is 0 Å². The smallest absolute Gasteiger partial charge is 0.315 e. The first-order valence-electron chi connectivity index (χ1n) is 9.59. The van der Waals surface area contributed by atoms with Gasteiger partial charge >= 0.3 is 5.97 Å². The maximum atomic E-state index is 13.3. The normalized spacial score (nSPS) is 21.6. The van der Waals surface area contributed by atoms with Gasteiger partial charge in [0.05, 0.1) is 12.3 Å². The van der Waals surface area contributed by atoms with Crippen LogP contribution < -0.4 is 9.47 Å². The lowest BCUT2D eigenvalue weighted by atomic mass is 9.75. The third-order valence-electron chi connectivity index (χ3n) is 5.61. The second-order valence-corrected chi connectivity index (χ2v) is 7.21. The van der Waals surface area contributed by atoms with E-state index in [4.69, 9.17) is 14.2 Å². The number of benzene rings is 2. The quantitative estimate of drug-likeness (QED) is 0.748. The van der Waals surface area contributed by atoms with Gasteiger partial charge in [-0.15, -0.1) is 0 Å². The molecule has 6 nitrogen and oxygen atoms in total. The van der Waals surface area contributed by atoms with E-state index in [9.17, 15) is 9.59 Å². The van der Waals surface area contributed by atoms with E-state index >= 15 is 0 Å². The van der Waals surface area contributed by atoms with Crippen LogP contribution in [0.4, 0.5) is 0 Å². The number of esters is 1. The van der Waals surface area contributed by atoms with Crippen molar-refractivity contribution >= 4 is 23.2 Å². The first kappa shape index (κ1) is 17.7. The zero-order chi connectivity index (χ0) is 20.1. The number of ketones is 1. The summed E-state index contributed by atoms with van der Waals surface area (Å²) in [6.07, 6.45) is 0. The standard InChI is InChI=1S/C23H19NO5/c1-3-27-23(26)18-12(2)24-21-14-6-4-5-7-15(14)22(25)20(21)19(18)13-8-9-16-17(10-13)29-11-28-16/h4-10,18-19H,3,11H2,1-2H3/t18?,19-/m0/s1. The zero-order valence-corrected chi connectivity index (χ0v) is 16.1. The highest BCUT2D eigenvalue weighted by Crippen LogP contribution is 2.49. The van der Waals surface area contributed by atoms with E-state index < -0.39 is 11.8 Å². The minimum atomic E-state index is -0.674. The monoisotopic (exact) mass is 389 g/mol. The molecular weight excluding hydrogens is 370 g/mol. The molecule has 5 rings (SSSR count). The zero-order valence-electron chi connectivity index (χ0n) is 16.1. The van der Waals surface area contributed by atoms with Gasteiger partial charge in [-0.3, -0.25) is 14.6 Å². The number of hydrogen-bond acceptors (Lipinski definition) is 6. The predicted octanol–water partition coefficient (Wildman–Crippen LogP) is 3.76. The number of allylic oxidation sites excluding steroid dienone is 1. The summed E-state index contributed by atoms with van der Waals surface area (Å²) in [5, 5.41) is 0. The third kappa shape index (κ3) is 2.59. The number of carbonyl (C=O) groups excluding carboxylic acids is 2. The van der Waals surface area contributed by atoms with Crippen LogP contribution in [0, 0.1) is 5.92 Å². The SMILES string of the molecule is CCOC(=O)C1C(C)=NC2=C(C(=O)c3ccccc32)[C@H]1c1ccc2c(c1)OCO2. The summed E-state index contributed by atoms with van der Waals surface area (Å²) < 4.78 is 16.3. The largest absolute Gasteiger partial charge is 0.465 e. The number of carbonyl (C=O) groups is 2. The second-order valence-electron chi connectivity index (χ2n) is 7.21. The van der Waals surface area contributed by atoms with E-state index in [0.717, 1.165) is 11.1 Å². The summed E-state index contributed by atoms with van der Waals surface area (Å²) in [6.45, 7) is 4.00. The van der Waals surface area contributed by atoms with Gasteiger partial charge < -0.3 is 14.2 Å². The Kier molecular flexibility index (Phi) is 4.01. The van der Waals surface area contributed by atoms with E-state index in [1.807, 2.05) is 43.3 Å². The van der Waals surface area contributed by atoms with Crippen molar-refractivity contribution in [2.75, 3.05) is 13.4 Å². The second kappa shape index (κ2) is 6.58. The fourth-order valence-corrected chi connectivity index (χ4v) is 4.35. The molecule has 0 bridgehead atoms. The highest BCUT2D eigenvalue weighted by atomic mass is 16.7. The molecule has 1 unspecified atom stereocenters. The molecule has 6 heteroatoms. The van der Waals surface area contributed by atoms with Gasteiger partial charge in [-0.05, 0) is 31.5 Å². The summed E-state index contributed by atoms with van der Waals surface area (Å²) in [6, 6.07) is 13.0. The number of nitrogens with zero attached hydrogens (tertiary/aromatic N) is 1. The van der Waals surface area contributed by atoms with Crippen molar-refractivity contribution in [3.05, 3.63) is 64.7 Å². The molecule has 2 aliphatic heterocycles. The van der Waals surface area contributed by atoms with Gasteiger partial charge in [-0.1, -0.05) is 30.3 Å². The fourth-order valence-electron chi connectivity index (χ4n) is 4.35. The highest BCUT2D eigenvalue weighted by molar-refractivity contribution is 6.24. The van der Waals surface area contributed by atoms with Gasteiger partial charge in [0.25, 0.3) is 0 Å². The van der Waals surface area contributed by atoms with Gasteiger partial charge in [-0.25, -0.2) is 0 Å². The Hall–Kier alpha value is -3.41. The van der Waals surface area contributed by atoms with Crippen molar-refractivity contribution in [1.82, 2.24) is 0 Å². The molecule has 0 saturated carbocycles. The summed E-state index contributed by atoms with van der Waals surface area (Å²) in [7, 11) is 0. The third-order valence-corrected chi connectivity index (χ3v) is 5.61. The first-order chi connectivity index (χ1) is 14.1. The molecule has 0 amide bonds. The van der Waals surface area contributed by atoms with Gasteiger partial charge in [0.2, 0.25) is 6.79 Å². The number of Topliss-reactive ketones (excluding diaryl/α,β-unsaturated/α-hetero) is 1. The van der Waals surface area contributed by atoms with E-state index in [1.54, 1.807) is 13.0 Å². The van der Waals surface area contributed by atoms with Gasteiger partial charge in [0, 0.05) is 28.3 Å². The van der Waals surface area contributed by atoms with Crippen LogP contribution in [-0.4, -0.2) is 30.9 Å². The average molecular weight is 389 g/mol. The minimum Gasteiger partial charge on any atom is -0.465 e. The van der Waals surface area contributed by atoms with Crippen molar-refractivity contribution in [2.45, 2.75) is 19.8 Å². The highest BCUT2D eigenvalue weighted by Gasteiger charge is 2.46. The number of hydrogen-bond donors (Lipinski definition) is 0. The van der Waals surface area contributed by atoms with Gasteiger partial charge in [0.15, 0.2) is 17.3 Å². The summed E-state index contributed by atoms with van der Waals surface area (Å²) in [5.74, 6) is -0.396. The maximum absolute atomic E-state index is 13.3. The molecule has 0 spiro atoms. The molecule has 146 valence electrons. The van der Waals surface area contributed by atoms with Crippen LogP contribution in [-0.2, 0) is 9.53 Å². The van der Waals surface area contributed by atoms with Crippen LogP contribution in [0.1, 0.15) is 41.3 Å². The Balaban J connectivity index is 1.70. The molecule has 2 aromatic carbocycles. The molecule has 0 radical (unpaired) electrons.